The molecular formula is C17H40ClNO3Si. The van der Waals surface area contributed by atoms with Gasteiger partial charge in [0, 0.05) is 33.8 Å². The molecule has 6 heteroatoms. The summed E-state index contributed by atoms with van der Waals surface area (Å²) in [6.07, 6.45) is 10.7. The lowest BCUT2D eigenvalue weighted by atomic mass is 10.1. The summed E-state index contributed by atoms with van der Waals surface area (Å²) in [4.78, 5) is 0. The van der Waals surface area contributed by atoms with Crippen LogP contribution >= 0.6 is 0 Å². The molecule has 0 bridgehead atoms. The number of nitrogens with zero attached hydrogens (tertiary/aromatic N) is 1. The molecule has 4 nitrogen and oxygen atoms in total. The molecule has 0 aromatic heterocycles. The van der Waals surface area contributed by atoms with Crippen LogP contribution in [0.5, 0.6) is 0 Å². The fraction of sp³-hybridized carbons (Fsp3) is 1.00. The topological polar surface area (TPSA) is 27.7 Å². The van der Waals surface area contributed by atoms with Gasteiger partial charge in [-0.05, 0) is 12.8 Å². The average Bonchev–Trinajstić information content (AvgIpc) is 2.51. The minimum absolute atomic E-state index is 0. The van der Waals surface area contributed by atoms with Gasteiger partial charge in [-0.25, -0.2) is 0 Å². The van der Waals surface area contributed by atoms with Gasteiger partial charge in [0.2, 0.25) is 0 Å². The Labute approximate surface area is 152 Å². The monoisotopic (exact) mass is 369 g/mol. The number of unbranched alkanes of at least 4 members (excludes halogenated alkanes) is 6. The SMILES string of the molecule is CCCCCCCCC[N+](C)(C)CCC[Si](OC)(OC)OC.[Cl-]. The zero-order valence-corrected chi connectivity index (χ0v) is 18.1. The first-order chi connectivity index (χ1) is 10.4. The zero-order chi connectivity index (χ0) is 16.9. The van der Waals surface area contributed by atoms with Gasteiger partial charge in [0.25, 0.3) is 0 Å². The van der Waals surface area contributed by atoms with Crippen molar-refractivity contribution in [1.82, 2.24) is 0 Å². The van der Waals surface area contributed by atoms with Gasteiger partial charge in [-0.2, -0.15) is 0 Å². The van der Waals surface area contributed by atoms with Crippen molar-refractivity contribution in [3.8, 4) is 0 Å². The minimum atomic E-state index is -2.38. The molecule has 0 aliphatic rings. The number of halogens is 1. The molecule has 0 aliphatic carbocycles. The highest BCUT2D eigenvalue weighted by Gasteiger charge is 2.37. The molecule has 0 unspecified atom stereocenters. The molecule has 0 saturated carbocycles. The lowest BCUT2D eigenvalue weighted by Crippen LogP contribution is -3.00. The van der Waals surface area contributed by atoms with Gasteiger partial charge >= 0.3 is 8.80 Å². The molecule has 0 rings (SSSR count). The van der Waals surface area contributed by atoms with E-state index in [9.17, 15) is 0 Å². The van der Waals surface area contributed by atoms with Gasteiger partial charge in [-0.3, -0.25) is 0 Å². The van der Waals surface area contributed by atoms with Crippen LogP contribution in [0.25, 0.3) is 0 Å². The highest BCUT2D eigenvalue weighted by atomic mass is 35.5. The lowest BCUT2D eigenvalue weighted by molar-refractivity contribution is -0.890. The molecule has 0 fully saturated rings. The number of hydrogen-bond donors (Lipinski definition) is 0. The van der Waals surface area contributed by atoms with Crippen molar-refractivity contribution in [3.63, 3.8) is 0 Å². The van der Waals surface area contributed by atoms with Crippen molar-refractivity contribution in [2.75, 3.05) is 48.5 Å². The van der Waals surface area contributed by atoms with E-state index in [0.717, 1.165) is 23.5 Å². The van der Waals surface area contributed by atoms with E-state index in [1.54, 1.807) is 21.3 Å². The fourth-order valence-electron chi connectivity index (χ4n) is 2.89. The minimum Gasteiger partial charge on any atom is -1.00 e. The molecule has 0 aromatic carbocycles. The normalized spacial score (nSPS) is 12.3. The summed E-state index contributed by atoms with van der Waals surface area (Å²) >= 11 is 0. The van der Waals surface area contributed by atoms with Crippen molar-refractivity contribution in [2.24, 2.45) is 0 Å². The first kappa shape index (κ1) is 25.6. The Kier molecular flexibility index (Phi) is 16.3. The molecule has 0 N–H and O–H groups in total. The van der Waals surface area contributed by atoms with Crippen LogP contribution in [0.1, 0.15) is 58.3 Å². The summed E-state index contributed by atoms with van der Waals surface area (Å²) in [7, 11) is 7.34. The van der Waals surface area contributed by atoms with Crippen LogP contribution in [-0.2, 0) is 13.3 Å². The Morgan fingerprint density at radius 1 is 0.696 bits per heavy atom. The molecule has 0 aromatic rings. The predicted octanol–water partition coefficient (Wildman–Crippen LogP) is 1.09. The number of quaternary nitrogens is 1. The van der Waals surface area contributed by atoms with E-state index in [-0.39, 0.29) is 12.4 Å². The molecule has 0 saturated heterocycles. The van der Waals surface area contributed by atoms with E-state index in [2.05, 4.69) is 21.0 Å². The van der Waals surface area contributed by atoms with Crippen molar-refractivity contribution in [3.05, 3.63) is 0 Å². The van der Waals surface area contributed by atoms with Crippen molar-refractivity contribution in [2.45, 2.75) is 64.3 Å². The number of hydrogen-bond acceptors (Lipinski definition) is 3. The summed E-state index contributed by atoms with van der Waals surface area (Å²) in [6, 6.07) is 0.898. The third kappa shape index (κ3) is 12.4. The van der Waals surface area contributed by atoms with Gasteiger partial charge in [-0.15, -0.1) is 0 Å². The van der Waals surface area contributed by atoms with E-state index in [1.165, 1.54) is 51.5 Å². The van der Waals surface area contributed by atoms with Crippen molar-refractivity contribution >= 4 is 8.80 Å². The Balaban J connectivity index is 0. The van der Waals surface area contributed by atoms with E-state index >= 15 is 0 Å². The zero-order valence-electron chi connectivity index (χ0n) is 16.3. The lowest BCUT2D eigenvalue weighted by Gasteiger charge is -2.31. The molecule has 0 radical (unpaired) electrons. The van der Waals surface area contributed by atoms with Gasteiger partial charge in [-0.1, -0.05) is 39.0 Å². The Bertz CT molecular complexity index is 256. The third-order valence-electron chi connectivity index (χ3n) is 4.55. The maximum atomic E-state index is 5.48. The predicted molar refractivity (Wildman–Crippen MR) is 96.0 cm³/mol. The Morgan fingerprint density at radius 2 is 1.13 bits per heavy atom. The fourth-order valence-corrected chi connectivity index (χ4v) is 4.59. The van der Waals surface area contributed by atoms with Crippen LogP contribution in [0.2, 0.25) is 6.04 Å². The summed E-state index contributed by atoms with van der Waals surface area (Å²) in [5.74, 6) is 0. The molecule has 0 atom stereocenters. The largest absolute Gasteiger partial charge is 1.00 e. The van der Waals surface area contributed by atoms with Crippen LogP contribution in [0.4, 0.5) is 0 Å². The highest BCUT2D eigenvalue weighted by molar-refractivity contribution is 6.60. The first-order valence-electron chi connectivity index (χ1n) is 8.92. The van der Waals surface area contributed by atoms with Crippen molar-refractivity contribution < 1.29 is 30.2 Å². The summed E-state index contributed by atoms with van der Waals surface area (Å²) in [5.41, 5.74) is 0. The maximum absolute atomic E-state index is 5.48. The Morgan fingerprint density at radius 3 is 1.61 bits per heavy atom. The molecular weight excluding hydrogens is 330 g/mol. The van der Waals surface area contributed by atoms with Crippen LogP contribution in [0.3, 0.4) is 0 Å². The van der Waals surface area contributed by atoms with Crippen LogP contribution in [0, 0.1) is 0 Å². The molecule has 0 spiro atoms. The molecule has 142 valence electrons. The van der Waals surface area contributed by atoms with E-state index in [1.807, 2.05) is 0 Å². The molecule has 0 aliphatic heterocycles. The van der Waals surface area contributed by atoms with Gasteiger partial charge < -0.3 is 30.2 Å². The summed E-state index contributed by atoms with van der Waals surface area (Å²) in [6.45, 7) is 4.68. The second kappa shape index (κ2) is 14.7. The number of rotatable bonds is 15. The first-order valence-corrected chi connectivity index (χ1v) is 10.9. The Hall–Kier alpha value is 0.347. The quantitative estimate of drug-likeness (QED) is 0.246. The average molecular weight is 370 g/mol. The second-order valence-electron chi connectivity index (χ2n) is 6.90. The third-order valence-corrected chi connectivity index (χ3v) is 7.38. The summed E-state index contributed by atoms with van der Waals surface area (Å²) in [5, 5.41) is 0. The second-order valence-corrected chi connectivity index (χ2v) is 9.99. The summed E-state index contributed by atoms with van der Waals surface area (Å²) < 4.78 is 17.5. The van der Waals surface area contributed by atoms with Gasteiger partial charge in [0.15, 0.2) is 0 Å². The highest BCUT2D eigenvalue weighted by Crippen LogP contribution is 2.17. The van der Waals surface area contributed by atoms with Crippen LogP contribution in [0.15, 0.2) is 0 Å². The van der Waals surface area contributed by atoms with Crippen LogP contribution in [-0.4, -0.2) is 61.8 Å². The molecule has 23 heavy (non-hydrogen) atoms. The van der Waals surface area contributed by atoms with Crippen LogP contribution < -0.4 is 12.4 Å². The van der Waals surface area contributed by atoms with E-state index in [4.69, 9.17) is 13.3 Å². The molecule has 0 amide bonds. The van der Waals surface area contributed by atoms with Crippen molar-refractivity contribution in [1.29, 1.82) is 0 Å². The van der Waals surface area contributed by atoms with E-state index in [0.29, 0.717) is 0 Å². The maximum Gasteiger partial charge on any atom is 0.500 e. The smallest absolute Gasteiger partial charge is 0.500 e. The molecule has 0 heterocycles. The standard InChI is InChI=1S/C17H40NO3Si.ClH/c1-7-8-9-10-11-12-13-15-18(2,3)16-14-17-22(19-4,20-5)21-6;/h7-17H2,1-6H3;1H/q+1;/p-1. The van der Waals surface area contributed by atoms with E-state index < -0.39 is 8.80 Å². The van der Waals surface area contributed by atoms with Gasteiger partial charge in [0.1, 0.15) is 0 Å². The van der Waals surface area contributed by atoms with Gasteiger partial charge in [0.05, 0.1) is 27.2 Å².